The van der Waals surface area contributed by atoms with Gasteiger partial charge in [0.25, 0.3) is 5.89 Å². The molecule has 0 bridgehead atoms. The van der Waals surface area contributed by atoms with Crippen LogP contribution in [0.3, 0.4) is 0 Å². The monoisotopic (exact) mass is 236 g/mol. The second-order valence-electron chi connectivity index (χ2n) is 3.33. The van der Waals surface area contributed by atoms with E-state index in [-0.39, 0.29) is 18.2 Å². The highest BCUT2D eigenvalue weighted by atomic mass is 16.5. The van der Waals surface area contributed by atoms with Crippen LogP contribution in [0.1, 0.15) is 5.82 Å². The van der Waals surface area contributed by atoms with Crippen LogP contribution in [0.25, 0.3) is 11.5 Å². The van der Waals surface area contributed by atoms with Gasteiger partial charge in [0.15, 0.2) is 5.82 Å². The van der Waals surface area contributed by atoms with Crippen molar-refractivity contribution < 1.29 is 19.1 Å². The van der Waals surface area contributed by atoms with E-state index in [1.807, 2.05) is 0 Å². The molecular weight excluding hydrogens is 224 g/mol. The van der Waals surface area contributed by atoms with Gasteiger partial charge in [0.1, 0.15) is 18.1 Å². The first-order chi connectivity index (χ1) is 8.24. The van der Waals surface area contributed by atoms with Gasteiger partial charge in [-0.1, -0.05) is 5.16 Å². The fraction of sp³-hybridized carbons (Fsp3) is 0.273. The van der Waals surface area contributed by atoms with Crippen LogP contribution in [0.4, 0.5) is 0 Å². The van der Waals surface area contributed by atoms with Gasteiger partial charge in [0.05, 0.1) is 12.7 Å². The standard InChI is InChI=1S/C11H12N2O4/c1-15-6-10-12-11(17-13-10)8-5-7(16-2)3-4-9(8)14/h3-5,14H,6H2,1-2H3. The van der Waals surface area contributed by atoms with E-state index in [9.17, 15) is 5.11 Å². The molecule has 0 aliphatic carbocycles. The average molecular weight is 236 g/mol. The molecule has 0 radical (unpaired) electrons. The molecular formula is C11H12N2O4. The van der Waals surface area contributed by atoms with Crippen molar-refractivity contribution in [3.05, 3.63) is 24.0 Å². The molecule has 2 aromatic rings. The Morgan fingerprint density at radius 2 is 2.18 bits per heavy atom. The van der Waals surface area contributed by atoms with Gasteiger partial charge in [0.2, 0.25) is 0 Å². The van der Waals surface area contributed by atoms with Crippen molar-refractivity contribution in [3.8, 4) is 23.0 Å². The zero-order chi connectivity index (χ0) is 12.3. The maximum absolute atomic E-state index is 9.71. The molecule has 0 unspecified atom stereocenters. The molecule has 1 aromatic heterocycles. The number of aromatic nitrogens is 2. The van der Waals surface area contributed by atoms with Crippen LogP contribution in [-0.2, 0) is 11.3 Å². The molecule has 0 aliphatic heterocycles. The van der Waals surface area contributed by atoms with E-state index in [0.29, 0.717) is 17.1 Å². The summed E-state index contributed by atoms with van der Waals surface area (Å²) in [5.74, 6) is 1.31. The number of ether oxygens (including phenoxy) is 2. The Bertz CT molecular complexity index is 510. The molecule has 90 valence electrons. The van der Waals surface area contributed by atoms with Crippen molar-refractivity contribution in [2.45, 2.75) is 6.61 Å². The minimum absolute atomic E-state index is 0.0541. The number of benzene rings is 1. The normalized spacial score (nSPS) is 10.5. The Labute approximate surface area is 97.8 Å². The van der Waals surface area contributed by atoms with Crippen LogP contribution in [-0.4, -0.2) is 29.5 Å². The van der Waals surface area contributed by atoms with Crippen molar-refractivity contribution >= 4 is 0 Å². The van der Waals surface area contributed by atoms with E-state index >= 15 is 0 Å². The third-order valence-corrected chi connectivity index (χ3v) is 2.18. The summed E-state index contributed by atoms with van der Waals surface area (Å²) in [6.45, 7) is 0.258. The summed E-state index contributed by atoms with van der Waals surface area (Å²) in [6, 6.07) is 4.78. The summed E-state index contributed by atoms with van der Waals surface area (Å²) in [4.78, 5) is 4.09. The van der Waals surface area contributed by atoms with Gasteiger partial charge in [-0.3, -0.25) is 0 Å². The van der Waals surface area contributed by atoms with Crippen molar-refractivity contribution in [1.29, 1.82) is 0 Å². The Kier molecular flexibility index (Phi) is 3.24. The van der Waals surface area contributed by atoms with Crippen molar-refractivity contribution in [3.63, 3.8) is 0 Å². The van der Waals surface area contributed by atoms with Crippen LogP contribution < -0.4 is 4.74 Å². The Hall–Kier alpha value is -2.08. The van der Waals surface area contributed by atoms with Crippen LogP contribution in [0.15, 0.2) is 22.7 Å². The summed E-state index contributed by atoms with van der Waals surface area (Å²) in [7, 11) is 3.08. The molecule has 2 rings (SSSR count). The predicted octanol–water partition coefficient (Wildman–Crippen LogP) is 1.60. The maximum atomic E-state index is 9.71. The quantitative estimate of drug-likeness (QED) is 0.868. The lowest BCUT2D eigenvalue weighted by Crippen LogP contribution is -1.89. The topological polar surface area (TPSA) is 77.6 Å². The van der Waals surface area contributed by atoms with Crippen LogP contribution in [0.5, 0.6) is 11.5 Å². The Balaban J connectivity index is 2.37. The van der Waals surface area contributed by atoms with Gasteiger partial charge < -0.3 is 19.1 Å². The van der Waals surface area contributed by atoms with E-state index in [2.05, 4.69) is 10.1 Å². The fourth-order valence-corrected chi connectivity index (χ4v) is 1.36. The lowest BCUT2D eigenvalue weighted by atomic mass is 10.2. The lowest BCUT2D eigenvalue weighted by molar-refractivity contribution is 0.174. The number of phenolic OH excluding ortho intramolecular Hbond substituents is 1. The van der Waals surface area contributed by atoms with E-state index in [1.54, 1.807) is 26.4 Å². The molecule has 0 saturated heterocycles. The average Bonchev–Trinajstić information content (AvgIpc) is 2.79. The molecule has 0 aliphatic rings. The van der Waals surface area contributed by atoms with Crippen molar-refractivity contribution in [2.24, 2.45) is 0 Å². The van der Waals surface area contributed by atoms with Crippen LogP contribution in [0, 0.1) is 0 Å². The van der Waals surface area contributed by atoms with Crippen LogP contribution >= 0.6 is 0 Å². The molecule has 17 heavy (non-hydrogen) atoms. The fourth-order valence-electron chi connectivity index (χ4n) is 1.36. The smallest absolute Gasteiger partial charge is 0.261 e. The number of hydrogen-bond donors (Lipinski definition) is 1. The van der Waals surface area contributed by atoms with Gasteiger partial charge >= 0.3 is 0 Å². The number of aromatic hydroxyl groups is 1. The number of hydrogen-bond acceptors (Lipinski definition) is 6. The van der Waals surface area contributed by atoms with Gasteiger partial charge in [-0.15, -0.1) is 0 Å². The summed E-state index contributed by atoms with van der Waals surface area (Å²) < 4.78 is 15.0. The highest BCUT2D eigenvalue weighted by Gasteiger charge is 2.13. The van der Waals surface area contributed by atoms with Crippen LogP contribution in [0.2, 0.25) is 0 Å². The maximum Gasteiger partial charge on any atom is 0.261 e. The first kappa shape index (κ1) is 11.4. The molecule has 0 saturated carbocycles. The Morgan fingerprint density at radius 1 is 1.35 bits per heavy atom. The van der Waals surface area contributed by atoms with E-state index in [4.69, 9.17) is 14.0 Å². The number of methoxy groups -OCH3 is 2. The molecule has 0 amide bonds. The van der Waals surface area contributed by atoms with Gasteiger partial charge in [0, 0.05) is 7.11 Å². The highest BCUT2D eigenvalue weighted by Crippen LogP contribution is 2.31. The zero-order valence-corrected chi connectivity index (χ0v) is 9.51. The third kappa shape index (κ3) is 2.36. The molecule has 0 atom stereocenters. The molecule has 6 heteroatoms. The van der Waals surface area contributed by atoms with Gasteiger partial charge in [-0.25, -0.2) is 0 Å². The summed E-state index contributed by atoms with van der Waals surface area (Å²) in [6.07, 6.45) is 0. The second-order valence-corrected chi connectivity index (χ2v) is 3.33. The first-order valence-electron chi connectivity index (χ1n) is 4.93. The largest absolute Gasteiger partial charge is 0.507 e. The lowest BCUT2D eigenvalue weighted by Gasteiger charge is -2.02. The highest BCUT2D eigenvalue weighted by molar-refractivity contribution is 5.64. The second kappa shape index (κ2) is 4.84. The van der Waals surface area contributed by atoms with E-state index in [0.717, 1.165) is 0 Å². The summed E-state index contributed by atoms with van der Waals surface area (Å²) in [5.41, 5.74) is 0.430. The molecule has 1 heterocycles. The third-order valence-electron chi connectivity index (χ3n) is 2.18. The number of rotatable bonds is 4. The molecule has 1 aromatic carbocycles. The number of phenols is 1. The SMILES string of the molecule is COCc1noc(-c2cc(OC)ccc2O)n1. The van der Waals surface area contributed by atoms with Gasteiger partial charge in [-0.2, -0.15) is 4.98 Å². The van der Waals surface area contributed by atoms with Crippen molar-refractivity contribution in [1.82, 2.24) is 10.1 Å². The summed E-state index contributed by atoms with van der Waals surface area (Å²) in [5, 5.41) is 13.4. The summed E-state index contributed by atoms with van der Waals surface area (Å²) >= 11 is 0. The first-order valence-corrected chi connectivity index (χ1v) is 4.93. The van der Waals surface area contributed by atoms with E-state index in [1.165, 1.54) is 6.07 Å². The number of nitrogens with zero attached hydrogens (tertiary/aromatic N) is 2. The predicted molar refractivity (Wildman–Crippen MR) is 58.7 cm³/mol. The molecule has 0 fully saturated rings. The minimum Gasteiger partial charge on any atom is -0.507 e. The Morgan fingerprint density at radius 3 is 2.88 bits per heavy atom. The minimum atomic E-state index is 0.0541. The zero-order valence-electron chi connectivity index (χ0n) is 9.51. The van der Waals surface area contributed by atoms with Gasteiger partial charge in [-0.05, 0) is 18.2 Å². The molecule has 6 nitrogen and oxygen atoms in total. The van der Waals surface area contributed by atoms with Crippen molar-refractivity contribution in [2.75, 3.05) is 14.2 Å². The van der Waals surface area contributed by atoms with E-state index < -0.39 is 0 Å². The molecule has 1 N–H and O–H groups in total. The molecule has 0 spiro atoms.